The fourth-order valence-electron chi connectivity index (χ4n) is 6.03. The first kappa shape index (κ1) is 12.4. The summed E-state index contributed by atoms with van der Waals surface area (Å²) < 4.78 is 11.2. The molecule has 4 rings (SSSR count). The molecule has 0 amide bonds. The number of methoxy groups -OCH3 is 1. The van der Waals surface area contributed by atoms with Crippen molar-refractivity contribution < 1.29 is 9.47 Å². The average Bonchev–Trinajstić information content (AvgIpc) is 3.12. The molecule has 2 nitrogen and oxygen atoms in total. The fourth-order valence-corrected chi connectivity index (χ4v) is 6.03. The van der Waals surface area contributed by atoms with Crippen molar-refractivity contribution in [3.05, 3.63) is 12.2 Å². The normalized spacial score (nSPS) is 54.9. The third kappa shape index (κ3) is 1.62. The van der Waals surface area contributed by atoms with Gasteiger partial charge in [0, 0.05) is 7.11 Å². The smallest absolute Gasteiger partial charge is 0.154 e. The van der Waals surface area contributed by atoms with Crippen molar-refractivity contribution >= 4 is 0 Å². The van der Waals surface area contributed by atoms with E-state index in [0.29, 0.717) is 5.41 Å². The van der Waals surface area contributed by atoms with Crippen LogP contribution in [0.4, 0.5) is 0 Å². The second-order valence-corrected chi connectivity index (χ2v) is 7.68. The lowest BCUT2D eigenvalue weighted by atomic mass is 9.63. The number of hydrogen-bond acceptors (Lipinski definition) is 2. The molecule has 4 aliphatic rings. The van der Waals surface area contributed by atoms with Gasteiger partial charge in [0.1, 0.15) is 0 Å². The van der Waals surface area contributed by atoms with E-state index in [1.165, 1.54) is 19.3 Å². The number of fused-ring (bicyclic) bond motifs is 9. The molecule has 2 heteroatoms. The van der Waals surface area contributed by atoms with E-state index in [1.807, 2.05) is 6.92 Å². The third-order valence-electron chi connectivity index (χ3n) is 6.75. The Kier molecular flexibility index (Phi) is 2.66. The molecule has 8 unspecified atom stereocenters. The zero-order valence-electron chi connectivity index (χ0n) is 12.3. The quantitative estimate of drug-likeness (QED) is 0.439. The highest BCUT2D eigenvalue weighted by Gasteiger charge is 2.64. The van der Waals surface area contributed by atoms with Gasteiger partial charge in [-0.15, -0.1) is 0 Å². The van der Waals surface area contributed by atoms with Crippen LogP contribution in [0.25, 0.3) is 0 Å². The van der Waals surface area contributed by atoms with Gasteiger partial charge >= 0.3 is 0 Å². The topological polar surface area (TPSA) is 18.5 Å². The second-order valence-electron chi connectivity index (χ2n) is 7.68. The highest BCUT2D eigenvalue weighted by molar-refractivity contribution is 5.22. The summed E-state index contributed by atoms with van der Waals surface area (Å²) >= 11 is 0. The first-order valence-electron chi connectivity index (χ1n) is 7.95. The Morgan fingerprint density at radius 3 is 2.68 bits per heavy atom. The summed E-state index contributed by atoms with van der Waals surface area (Å²) in [7, 11) is 1.73. The highest BCUT2D eigenvalue weighted by Crippen LogP contribution is 2.70. The molecule has 0 aromatic rings. The van der Waals surface area contributed by atoms with Crippen LogP contribution >= 0.6 is 0 Å². The number of allylic oxidation sites excluding steroid dienone is 2. The van der Waals surface area contributed by atoms with Gasteiger partial charge in [0.15, 0.2) is 6.29 Å². The zero-order valence-corrected chi connectivity index (χ0v) is 12.3. The van der Waals surface area contributed by atoms with Gasteiger partial charge in [-0.3, -0.25) is 0 Å². The van der Waals surface area contributed by atoms with Crippen molar-refractivity contribution in [1.29, 1.82) is 0 Å². The Balaban J connectivity index is 1.51. The maximum atomic E-state index is 5.92. The van der Waals surface area contributed by atoms with Crippen LogP contribution in [0.5, 0.6) is 0 Å². The molecule has 3 saturated carbocycles. The van der Waals surface area contributed by atoms with Gasteiger partial charge < -0.3 is 9.47 Å². The summed E-state index contributed by atoms with van der Waals surface area (Å²) in [6.07, 6.45) is 9.27. The van der Waals surface area contributed by atoms with Gasteiger partial charge in [-0.1, -0.05) is 19.1 Å². The van der Waals surface area contributed by atoms with Crippen molar-refractivity contribution in [2.75, 3.05) is 13.7 Å². The van der Waals surface area contributed by atoms with Crippen LogP contribution in [0.3, 0.4) is 0 Å². The maximum absolute atomic E-state index is 5.92. The first-order valence-corrected chi connectivity index (χ1v) is 7.95. The molecule has 4 aliphatic carbocycles. The monoisotopic (exact) mass is 262 g/mol. The summed E-state index contributed by atoms with van der Waals surface area (Å²) in [5.41, 5.74) is 0.400. The van der Waals surface area contributed by atoms with Gasteiger partial charge in [-0.2, -0.15) is 0 Å². The number of ether oxygens (including phenoxy) is 2. The van der Waals surface area contributed by atoms with E-state index in [1.54, 1.807) is 7.11 Å². The predicted octanol–water partition coefficient (Wildman–Crippen LogP) is 3.48. The molecule has 106 valence electrons. The van der Waals surface area contributed by atoms with Crippen LogP contribution in [0, 0.1) is 40.9 Å². The Morgan fingerprint density at radius 2 is 1.95 bits per heavy atom. The maximum Gasteiger partial charge on any atom is 0.154 e. The SMILES string of the molecule is COC(C)OCC1(C)CC2CC1C1C3C=CC(C3)C21. The Hall–Kier alpha value is -0.340. The molecule has 0 aromatic heterocycles. The summed E-state index contributed by atoms with van der Waals surface area (Å²) in [4.78, 5) is 0. The lowest BCUT2D eigenvalue weighted by Crippen LogP contribution is -2.40. The molecular formula is C17H26O2. The van der Waals surface area contributed by atoms with Crippen molar-refractivity contribution in [2.24, 2.45) is 40.9 Å². The van der Waals surface area contributed by atoms with Crippen LogP contribution in [-0.2, 0) is 9.47 Å². The summed E-state index contributed by atoms with van der Waals surface area (Å²) in [5.74, 6) is 5.68. The minimum Gasteiger partial charge on any atom is -0.356 e. The van der Waals surface area contributed by atoms with E-state index in [9.17, 15) is 0 Å². The van der Waals surface area contributed by atoms with E-state index in [0.717, 1.165) is 42.1 Å². The molecule has 0 spiro atoms. The molecule has 0 radical (unpaired) electrons. The molecule has 0 saturated heterocycles. The van der Waals surface area contributed by atoms with Crippen LogP contribution in [0.15, 0.2) is 12.2 Å². The third-order valence-corrected chi connectivity index (χ3v) is 6.75. The molecule has 3 fully saturated rings. The van der Waals surface area contributed by atoms with E-state index >= 15 is 0 Å². The van der Waals surface area contributed by atoms with Crippen molar-refractivity contribution in [1.82, 2.24) is 0 Å². The largest absolute Gasteiger partial charge is 0.356 e. The van der Waals surface area contributed by atoms with Crippen LogP contribution in [0.1, 0.15) is 33.1 Å². The van der Waals surface area contributed by atoms with E-state index in [2.05, 4.69) is 19.1 Å². The summed E-state index contributed by atoms with van der Waals surface area (Å²) in [5, 5.41) is 0. The Morgan fingerprint density at radius 1 is 1.21 bits per heavy atom. The molecule has 4 bridgehead atoms. The van der Waals surface area contributed by atoms with Crippen LogP contribution in [-0.4, -0.2) is 20.0 Å². The molecule has 8 atom stereocenters. The molecule has 19 heavy (non-hydrogen) atoms. The average molecular weight is 262 g/mol. The zero-order chi connectivity index (χ0) is 13.2. The minimum atomic E-state index is -0.0633. The van der Waals surface area contributed by atoms with Crippen molar-refractivity contribution in [3.8, 4) is 0 Å². The van der Waals surface area contributed by atoms with Crippen LogP contribution in [0.2, 0.25) is 0 Å². The second kappa shape index (κ2) is 4.08. The lowest BCUT2D eigenvalue weighted by Gasteiger charge is -2.43. The van der Waals surface area contributed by atoms with Gasteiger partial charge in [0.2, 0.25) is 0 Å². The molecule has 0 N–H and O–H groups in total. The number of hydrogen-bond donors (Lipinski definition) is 0. The van der Waals surface area contributed by atoms with Crippen molar-refractivity contribution in [2.45, 2.75) is 39.4 Å². The predicted molar refractivity (Wildman–Crippen MR) is 74.5 cm³/mol. The van der Waals surface area contributed by atoms with Gasteiger partial charge in [0.05, 0.1) is 6.61 Å². The Bertz CT molecular complexity index is 404. The van der Waals surface area contributed by atoms with Gasteiger partial charge in [0.25, 0.3) is 0 Å². The lowest BCUT2D eigenvalue weighted by molar-refractivity contribution is -0.144. The Labute approximate surface area is 116 Å². The molecule has 0 heterocycles. The fraction of sp³-hybridized carbons (Fsp3) is 0.882. The van der Waals surface area contributed by atoms with Gasteiger partial charge in [-0.25, -0.2) is 0 Å². The molecule has 0 aliphatic heterocycles. The minimum absolute atomic E-state index is 0.0633. The van der Waals surface area contributed by atoms with E-state index in [-0.39, 0.29) is 6.29 Å². The molecule has 0 aromatic carbocycles. The molecular weight excluding hydrogens is 236 g/mol. The first-order chi connectivity index (χ1) is 9.12. The van der Waals surface area contributed by atoms with E-state index < -0.39 is 0 Å². The highest BCUT2D eigenvalue weighted by atomic mass is 16.7. The number of rotatable bonds is 4. The van der Waals surface area contributed by atoms with Crippen molar-refractivity contribution in [3.63, 3.8) is 0 Å². The van der Waals surface area contributed by atoms with Gasteiger partial charge in [-0.05, 0) is 67.1 Å². The summed E-state index contributed by atoms with van der Waals surface area (Å²) in [6.45, 7) is 5.35. The van der Waals surface area contributed by atoms with Crippen LogP contribution < -0.4 is 0 Å². The summed E-state index contributed by atoms with van der Waals surface area (Å²) in [6, 6.07) is 0. The van der Waals surface area contributed by atoms with E-state index in [4.69, 9.17) is 9.47 Å². The standard InChI is InChI=1S/C17H26O2/c1-10(18-3)19-9-17(2)8-13-7-14(17)16-12-5-4-11(6-12)15(13)16/h4-5,10-16H,6-9H2,1-3H3.